The minimum atomic E-state index is -4.32. The van der Waals surface area contributed by atoms with Crippen LogP contribution in [0.15, 0.2) is 42.7 Å². The molecule has 0 aromatic carbocycles. The van der Waals surface area contributed by atoms with Gasteiger partial charge in [-0.1, -0.05) is 33.8 Å². The van der Waals surface area contributed by atoms with E-state index in [1.54, 1.807) is 0 Å². The van der Waals surface area contributed by atoms with E-state index in [4.69, 9.17) is 0 Å². The van der Waals surface area contributed by atoms with Crippen LogP contribution in [0.2, 0.25) is 0 Å². The lowest BCUT2D eigenvalue weighted by molar-refractivity contribution is -0.137. The third-order valence-electron chi connectivity index (χ3n) is 6.67. The van der Waals surface area contributed by atoms with Gasteiger partial charge in [0.2, 0.25) is 0 Å². The number of nitrogens with zero attached hydrogens (tertiary/aromatic N) is 6. The van der Waals surface area contributed by atoms with E-state index < -0.39 is 11.7 Å². The topological polar surface area (TPSA) is 38.7 Å². The Kier molecular flexibility index (Phi) is 14.6. The van der Waals surface area contributed by atoms with Gasteiger partial charge in [-0.2, -0.15) is 13.2 Å². The van der Waals surface area contributed by atoms with Crippen molar-refractivity contribution >= 4 is 11.6 Å². The Bertz CT molecular complexity index is 876. The highest BCUT2D eigenvalue weighted by molar-refractivity contribution is 5.41. The van der Waals surface area contributed by atoms with E-state index in [1.807, 2.05) is 51.9 Å². The molecule has 2 fully saturated rings. The average Bonchev–Trinajstić information content (AvgIpc) is 2.93. The summed E-state index contributed by atoms with van der Waals surface area (Å²) in [5.74, 6) is 1.72. The van der Waals surface area contributed by atoms with Crippen molar-refractivity contribution in [3.05, 3.63) is 48.3 Å². The molecule has 2 aliphatic heterocycles. The highest BCUT2D eigenvalue weighted by atomic mass is 19.4. The summed E-state index contributed by atoms with van der Waals surface area (Å²) in [4.78, 5) is 17.5. The number of hydrogen-bond donors (Lipinski definition) is 0. The van der Waals surface area contributed by atoms with E-state index >= 15 is 0 Å². The van der Waals surface area contributed by atoms with Crippen molar-refractivity contribution in [1.29, 1.82) is 0 Å². The summed E-state index contributed by atoms with van der Waals surface area (Å²) in [6, 6.07) is 10.3. The second-order valence-corrected chi connectivity index (χ2v) is 9.49. The molecule has 0 bridgehead atoms. The zero-order valence-corrected chi connectivity index (χ0v) is 24.8. The zero-order chi connectivity index (χ0) is 28.9. The number of likely N-dealkylation sites (N-methyl/N-ethyl adjacent to an activating group) is 1. The van der Waals surface area contributed by atoms with Gasteiger partial charge in [-0.25, -0.2) is 9.97 Å². The average molecular weight is 539 g/mol. The molecule has 2 atom stereocenters. The maximum absolute atomic E-state index is 12.4. The van der Waals surface area contributed by atoms with Crippen LogP contribution in [-0.2, 0) is 6.18 Å². The number of alkyl halides is 3. The van der Waals surface area contributed by atoms with E-state index in [1.165, 1.54) is 6.07 Å². The van der Waals surface area contributed by atoms with Crippen LogP contribution in [0.3, 0.4) is 0 Å². The molecule has 6 nitrogen and oxygen atoms in total. The molecular weight excluding hydrogens is 489 g/mol. The van der Waals surface area contributed by atoms with Gasteiger partial charge in [-0.05, 0) is 59.0 Å². The summed E-state index contributed by atoms with van der Waals surface area (Å²) in [5, 5.41) is 0. The maximum atomic E-state index is 12.4. The zero-order valence-electron chi connectivity index (χ0n) is 24.8. The van der Waals surface area contributed by atoms with Crippen LogP contribution >= 0.6 is 0 Å². The SMILES string of the molecule is CC.CC.CC(C)N1CCN(c2ccccn2)CC1C.CC1CN(c2ccc(C(F)(F)F)cn2)CCN1C. The summed E-state index contributed by atoms with van der Waals surface area (Å²) < 4.78 is 37.2. The Balaban J connectivity index is 0.000000338. The third kappa shape index (κ3) is 10.1. The van der Waals surface area contributed by atoms with Crippen LogP contribution < -0.4 is 9.80 Å². The first-order valence-electron chi connectivity index (χ1n) is 14.0. The fourth-order valence-electron chi connectivity index (χ4n) is 4.49. The van der Waals surface area contributed by atoms with E-state index in [0.29, 0.717) is 23.9 Å². The highest BCUT2D eigenvalue weighted by Crippen LogP contribution is 2.29. The van der Waals surface area contributed by atoms with Gasteiger partial charge in [-0.15, -0.1) is 0 Å². The Labute approximate surface area is 228 Å². The Hall–Kier alpha value is -2.39. The molecule has 0 spiro atoms. The lowest BCUT2D eigenvalue weighted by Gasteiger charge is -2.42. The number of piperazine rings is 2. The molecular formula is C29H49F3N6. The number of aromatic nitrogens is 2. The highest BCUT2D eigenvalue weighted by Gasteiger charge is 2.31. The van der Waals surface area contributed by atoms with Crippen molar-refractivity contribution in [3.63, 3.8) is 0 Å². The van der Waals surface area contributed by atoms with Crippen molar-refractivity contribution in [2.45, 2.75) is 79.7 Å². The second kappa shape index (κ2) is 16.5. The summed E-state index contributed by atoms with van der Waals surface area (Å²) in [6.45, 7) is 22.7. The quantitative estimate of drug-likeness (QED) is 0.457. The molecule has 2 unspecified atom stereocenters. The van der Waals surface area contributed by atoms with Crippen molar-refractivity contribution in [2.24, 2.45) is 0 Å². The van der Waals surface area contributed by atoms with Crippen LogP contribution in [0.5, 0.6) is 0 Å². The fraction of sp³-hybridized carbons (Fsp3) is 0.655. The first-order valence-corrected chi connectivity index (χ1v) is 14.0. The van der Waals surface area contributed by atoms with Gasteiger partial charge in [-0.3, -0.25) is 4.90 Å². The largest absolute Gasteiger partial charge is 0.417 e. The van der Waals surface area contributed by atoms with Gasteiger partial charge < -0.3 is 14.7 Å². The van der Waals surface area contributed by atoms with E-state index in [2.05, 4.69) is 64.5 Å². The lowest BCUT2D eigenvalue weighted by atomic mass is 10.1. The van der Waals surface area contributed by atoms with E-state index in [0.717, 1.165) is 57.3 Å². The van der Waals surface area contributed by atoms with Crippen LogP contribution in [-0.4, -0.2) is 84.2 Å². The van der Waals surface area contributed by atoms with E-state index in [-0.39, 0.29) is 0 Å². The molecule has 38 heavy (non-hydrogen) atoms. The van der Waals surface area contributed by atoms with Crippen LogP contribution in [0, 0.1) is 0 Å². The predicted molar refractivity (Wildman–Crippen MR) is 154 cm³/mol. The van der Waals surface area contributed by atoms with E-state index in [9.17, 15) is 13.2 Å². The van der Waals surface area contributed by atoms with Crippen molar-refractivity contribution in [2.75, 3.05) is 56.1 Å². The number of pyridine rings is 2. The first-order chi connectivity index (χ1) is 18.1. The van der Waals surface area contributed by atoms with Crippen molar-refractivity contribution < 1.29 is 13.2 Å². The molecule has 2 saturated heterocycles. The second-order valence-electron chi connectivity index (χ2n) is 9.49. The minimum absolute atomic E-state index is 0.378. The number of rotatable bonds is 3. The molecule has 4 rings (SSSR count). The molecule has 0 amide bonds. The molecule has 0 radical (unpaired) electrons. The summed E-state index contributed by atoms with van der Waals surface area (Å²) in [5.41, 5.74) is -0.701. The van der Waals surface area contributed by atoms with Crippen LogP contribution in [0.1, 0.15) is 61.0 Å². The smallest absolute Gasteiger partial charge is 0.354 e. The van der Waals surface area contributed by atoms with Crippen molar-refractivity contribution in [3.8, 4) is 0 Å². The fourth-order valence-corrected chi connectivity index (χ4v) is 4.49. The third-order valence-corrected chi connectivity index (χ3v) is 6.67. The summed E-state index contributed by atoms with van der Waals surface area (Å²) in [7, 11) is 2.04. The lowest BCUT2D eigenvalue weighted by Crippen LogP contribution is -2.54. The normalized spacial score (nSPS) is 20.4. The maximum Gasteiger partial charge on any atom is 0.417 e. The Morgan fingerprint density at radius 2 is 1.37 bits per heavy atom. The Morgan fingerprint density at radius 3 is 1.82 bits per heavy atom. The molecule has 0 aliphatic carbocycles. The number of halogens is 3. The molecule has 2 aliphatic rings. The van der Waals surface area contributed by atoms with Crippen LogP contribution in [0.4, 0.5) is 24.8 Å². The summed E-state index contributed by atoms with van der Waals surface area (Å²) >= 11 is 0. The summed E-state index contributed by atoms with van der Waals surface area (Å²) in [6.07, 6.45) is -1.55. The van der Waals surface area contributed by atoms with Gasteiger partial charge in [0.15, 0.2) is 0 Å². The molecule has 0 saturated carbocycles. The standard InChI is InChI=1S/C13H21N3.C12H16F3N3.2C2H6/c1-11(2)16-9-8-15(10-12(16)3)13-6-4-5-7-14-13;1-9-8-18(6-5-17(9)2)11-4-3-10(7-16-11)12(13,14)15;2*1-2/h4-7,11-12H,8-10H2,1-3H3;3-4,7,9H,5-6,8H2,1-2H3;2*1-2H3. The van der Waals surface area contributed by atoms with Gasteiger partial charge in [0.05, 0.1) is 5.56 Å². The molecule has 0 N–H and O–H groups in total. The van der Waals surface area contributed by atoms with Gasteiger partial charge in [0, 0.05) is 69.8 Å². The Morgan fingerprint density at radius 1 is 0.789 bits per heavy atom. The van der Waals surface area contributed by atoms with Gasteiger partial charge >= 0.3 is 6.18 Å². The predicted octanol–water partition coefficient (Wildman–Crippen LogP) is 6.29. The van der Waals surface area contributed by atoms with Crippen LogP contribution in [0.25, 0.3) is 0 Å². The molecule has 9 heteroatoms. The minimum Gasteiger partial charge on any atom is -0.354 e. The number of anilines is 2. The molecule has 216 valence electrons. The monoisotopic (exact) mass is 538 g/mol. The van der Waals surface area contributed by atoms with Crippen molar-refractivity contribution in [1.82, 2.24) is 19.8 Å². The van der Waals surface area contributed by atoms with Gasteiger partial charge in [0.25, 0.3) is 0 Å². The first kappa shape index (κ1) is 33.6. The van der Waals surface area contributed by atoms with Gasteiger partial charge in [0.1, 0.15) is 11.6 Å². The number of hydrogen-bond acceptors (Lipinski definition) is 6. The molecule has 2 aromatic heterocycles. The molecule has 2 aromatic rings. The molecule has 4 heterocycles.